The normalized spacial score (nSPS) is 22.3. The highest BCUT2D eigenvalue weighted by Gasteiger charge is 2.43. The highest BCUT2D eigenvalue weighted by atomic mass is 31.3. The second kappa shape index (κ2) is 13.1. The second-order valence-corrected chi connectivity index (χ2v) is 12.6. The van der Waals surface area contributed by atoms with Crippen LogP contribution in [0.5, 0.6) is 0 Å². The zero-order chi connectivity index (χ0) is 29.7. The van der Waals surface area contributed by atoms with Crippen molar-refractivity contribution in [1.82, 2.24) is 19.9 Å². The third-order valence-electron chi connectivity index (χ3n) is 5.18. The lowest BCUT2D eigenvalue weighted by atomic mass is 10.2. The molecule has 0 aliphatic carbocycles. The van der Waals surface area contributed by atoms with E-state index in [1.54, 1.807) is 0 Å². The fraction of sp³-hybridized carbons (Fsp3) is 0.500. The Morgan fingerprint density at radius 1 is 1.20 bits per heavy atom. The predicted molar refractivity (Wildman–Crippen MR) is 134 cm³/mol. The van der Waals surface area contributed by atoms with Crippen molar-refractivity contribution in [2.45, 2.75) is 37.7 Å². The van der Waals surface area contributed by atoms with Gasteiger partial charge in [0.2, 0.25) is 5.91 Å². The molecule has 22 heteroatoms. The van der Waals surface area contributed by atoms with Crippen molar-refractivity contribution in [2.24, 2.45) is 5.73 Å². The quantitative estimate of drug-likeness (QED) is 0.105. The van der Waals surface area contributed by atoms with E-state index in [0.717, 1.165) is 0 Å². The van der Waals surface area contributed by atoms with Gasteiger partial charge in [-0.3, -0.25) is 9.32 Å². The van der Waals surface area contributed by atoms with Gasteiger partial charge >= 0.3 is 23.5 Å². The summed E-state index contributed by atoms with van der Waals surface area (Å²) in [7, 11) is -16.7. The zero-order valence-corrected chi connectivity index (χ0v) is 23.2. The van der Waals surface area contributed by atoms with Crippen LogP contribution in [0.4, 0.5) is 5.82 Å². The summed E-state index contributed by atoms with van der Waals surface area (Å²) in [6.45, 7) is -0.409. The summed E-state index contributed by atoms with van der Waals surface area (Å²) >= 11 is 0. The molecule has 2 aromatic heterocycles. The average molecular weight is 628 g/mol. The molecule has 5 atom stereocenters. The number of anilines is 1. The van der Waals surface area contributed by atoms with Crippen molar-refractivity contribution in [3.05, 3.63) is 18.1 Å². The van der Waals surface area contributed by atoms with Crippen molar-refractivity contribution in [1.29, 1.82) is 0 Å². The Balaban J connectivity index is 1.71. The van der Waals surface area contributed by atoms with Gasteiger partial charge in [-0.15, -0.1) is 0 Å². The number of nitrogens with one attached hydrogen (secondary N) is 1. The van der Waals surface area contributed by atoms with Gasteiger partial charge in [0.1, 0.15) is 30.1 Å². The maximum absolute atomic E-state index is 12.0. The number of nitrogen functional groups attached to an aromatic ring is 1. The Kier molecular flexibility index (Phi) is 10.6. The Hall–Kier alpha value is -2.26. The summed E-state index contributed by atoms with van der Waals surface area (Å²) in [6.07, 6.45) is 0.0217. The van der Waals surface area contributed by atoms with Crippen LogP contribution in [0.1, 0.15) is 31.1 Å². The van der Waals surface area contributed by atoms with E-state index < -0.39 is 48.5 Å². The molecule has 3 heterocycles. The van der Waals surface area contributed by atoms with E-state index in [1.807, 2.05) is 0 Å². The number of nitrogens with zero attached hydrogens (tertiary/aromatic N) is 3. The molecule has 2 aromatic rings. The molecular formula is C18H27N6O13P3. The molecule has 19 nitrogen and oxygen atoms in total. The number of phosphoric acid groups is 3. The van der Waals surface area contributed by atoms with Gasteiger partial charge < -0.3 is 50.8 Å². The number of rotatable bonds is 12. The molecule has 1 aliphatic rings. The van der Waals surface area contributed by atoms with Gasteiger partial charge in [-0.25, -0.2) is 23.7 Å². The number of hydrogen-bond acceptors (Lipinski definition) is 13. The molecule has 1 fully saturated rings. The molecule has 2 unspecified atom stereocenters. The fourth-order valence-electron chi connectivity index (χ4n) is 3.56. The largest absolute Gasteiger partial charge is 0.490 e. The molecular weight excluding hydrogens is 601 g/mol. The molecule has 0 bridgehead atoms. The standard InChI is InChI=1S/C18H27N6O13P3/c19-5-1-4-14(26)21-6-2-3-11-8-24(18-16(11)17(20)22-10-23-18)15-7-12(25)13(35-15)9-34-39(30,31)37-40(32,33)36-38(27,28)29/h8,10,12-13,15,25H,1,4-7,9,19H2,(H,21,26)(H,30,31)(H,32,33)(H2,20,22,23)(H2,27,28,29)/t12-,13-,15-/m1/s1. The maximum Gasteiger partial charge on any atom is 0.490 e. The summed E-state index contributed by atoms with van der Waals surface area (Å²) in [4.78, 5) is 56.0. The predicted octanol–water partition coefficient (Wildman–Crippen LogP) is -0.788. The molecule has 10 N–H and O–H groups in total. The van der Waals surface area contributed by atoms with Crippen molar-refractivity contribution < 1.29 is 61.1 Å². The number of carbonyl (C=O) groups excluding carboxylic acids is 1. The highest BCUT2D eigenvalue weighted by Crippen LogP contribution is 2.66. The first-order valence-corrected chi connectivity index (χ1v) is 15.8. The van der Waals surface area contributed by atoms with Crippen molar-refractivity contribution in [3.8, 4) is 11.8 Å². The van der Waals surface area contributed by atoms with Crippen LogP contribution in [-0.2, 0) is 36.4 Å². The molecule has 222 valence electrons. The summed E-state index contributed by atoms with van der Waals surface area (Å²) in [5.41, 5.74) is 12.1. The van der Waals surface area contributed by atoms with Gasteiger partial charge in [-0.2, -0.15) is 8.62 Å². The van der Waals surface area contributed by atoms with Gasteiger partial charge in [0.25, 0.3) is 0 Å². The van der Waals surface area contributed by atoms with Crippen LogP contribution in [0, 0.1) is 11.8 Å². The van der Waals surface area contributed by atoms with E-state index in [9.17, 15) is 33.4 Å². The maximum atomic E-state index is 12.0. The molecule has 0 aromatic carbocycles. The van der Waals surface area contributed by atoms with Crippen LogP contribution in [0.2, 0.25) is 0 Å². The van der Waals surface area contributed by atoms with Crippen molar-refractivity contribution in [2.75, 3.05) is 25.4 Å². The first kappa shape index (κ1) is 32.3. The molecule has 0 spiro atoms. The van der Waals surface area contributed by atoms with E-state index in [4.69, 9.17) is 26.0 Å². The minimum atomic E-state index is -5.70. The van der Waals surface area contributed by atoms with Crippen LogP contribution < -0.4 is 16.8 Å². The zero-order valence-electron chi connectivity index (χ0n) is 20.5. The number of nitrogens with two attached hydrogens (primary N) is 2. The summed E-state index contributed by atoms with van der Waals surface area (Å²) in [5, 5.41) is 13.4. The minimum absolute atomic E-state index is 0.0466. The lowest BCUT2D eigenvalue weighted by molar-refractivity contribution is -0.120. The summed E-state index contributed by atoms with van der Waals surface area (Å²) in [6, 6.07) is 0. The minimum Gasteiger partial charge on any atom is -0.390 e. The number of ether oxygens (including phenoxy) is 1. The molecule has 40 heavy (non-hydrogen) atoms. The van der Waals surface area contributed by atoms with Crippen LogP contribution in [0.15, 0.2) is 12.5 Å². The van der Waals surface area contributed by atoms with Crippen LogP contribution in [-0.4, -0.2) is 77.0 Å². The van der Waals surface area contributed by atoms with E-state index in [-0.39, 0.29) is 36.8 Å². The molecule has 3 rings (SSSR count). The molecule has 0 radical (unpaired) electrons. The first-order valence-electron chi connectivity index (χ1n) is 11.3. The first-order chi connectivity index (χ1) is 18.6. The Bertz CT molecular complexity index is 1440. The van der Waals surface area contributed by atoms with Crippen LogP contribution in [0.25, 0.3) is 11.0 Å². The Morgan fingerprint density at radius 3 is 2.60 bits per heavy atom. The second-order valence-electron chi connectivity index (χ2n) is 8.20. The average Bonchev–Trinajstić information content (AvgIpc) is 3.37. The van der Waals surface area contributed by atoms with Crippen LogP contribution >= 0.6 is 23.5 Å². The Labute approximate surface area is 226 Å². The third-order valence-corrected chi connectivity index (χ3v) is 8.98. The van der Waals surface area contributed by atoms with Gasteiger partial charge in [0.15, 0.2) is 0 Å². The van der Waals surface area contributed by atoms with Gasteiger partial charge in [-0.1, -0.05) is 11.8 Å². The number of amides is 1. The van der Waals surface area contributed by atoms with Crippen molar-refractivity contribution in [3.63, 3.8) is 0 Å². The molecule has 1 saturated heterocycles. The van der Waals surface area contributed by atoms with Gasteiger partial charge in [0.05, 0.1) is 30.2 Å². The number of phosphoric ester groups is 1. The van der Waals surface area contributed by atoms with Gasteiger partial charge in [0, 0.05) is 19.0 Å². The van der Waals surface area contributed by atoms with E-state index >= 15 is 0 Å². The highest BCUT2D eigenvalue weighted by molar-refractivity contribution is 7.66. The number of fused-ring (bicyclic) bond motifs is 1. The fourth-order valence-corrected chi connectivity index (χ4v) is 6.59. The molecule has 1 aliphatic heterocycles. The number of carbonyl (C=O) groups is 1. The van der Waals surface area contributed by atoms with Crippen molar-refractivity contribution >= 4 is 46.2 Å². The number of aliphatic hydroxyl groups excluding tert-OH is 1. The Morgan fingerprint density at radius 2 is 1.93 bits per heavy atom. The number of aliphatic hydroxyl groups is 1. The van der Waals surface area contributed by atoms with Crippen LogP contribution in [0.3, 0.4) is 0 Å². The topological polar surface area (TPSA) is 301 Å². The van der Waals surface area contributed by atoms with E-state index in [1.165, 1.54) is 17.1 Å². The summed E-state index contributed by atoms with van der Waals surface area (Å²) in [5.74, 6) is 5.56. The molecule has 0 saturated carbocycles. The number of aromatic nitrogens is 3. The van der Waals surface area contributed by atoms with Gasteiger partial charge in [-0.05, 0) is 13.0 Å². The summed E-state index contributed by atoms with van der Waals surface area (Å²) < 4.78 is 53.3. The van der Waals surface area contributed by atoms with E-state index in [2.05, 4.69) is 40.3 Å². The lowest BCUT2D eigenvalue weighted by Gasteiger charge is -2.19. The monoisotopic (exact) mass is 628 g/mol. The third kappa shape index (κ3) is 9.13. The number of hydrogen-bond donors (Lipinski definition) is 8. The lowest BCUT2D eigenvalue weighted by Crippen LogP contribution is -2.26. The SMILES string of the molecule is NCCCC(=O)NCC#Cc1cn([C@H]2C[C@@H](O)[C@@H](COP(=O)(O)OP(=O)(O)OP(=O)(O)O)O2)c2ncnc(N)c12. The smallest absolute Gasteiger partial charge is 0.390 e. The molecule has 1 amide bonds. The van der Waals surface area contributed by atoms with E-state index in [0.29, 0.717) is 23.9 Å².